The van der Waals surface area contributed by atoms with Crippen LogP contribution >= 0.6 is 0 Å². The molecule has 1 N–H and O–H groups in total. The van der Waals surface area contributed by atoms with Crippen molar-refractivity contribution in [3.8, 4) is 0 Å². The summed E-state index contributed by atoms with van der Waals surface area (Å²) in [6, 6.07) is 0. The molecule has 4 rings (SSSR count). The summed E-state index contributed by atoms with van der Waals surface area (Å²) in [4.78, 5) is 37.8. The van der Waals surface area contributed by atoms with E-state index in [0.717, 1.165) is 24.8 Å². The molecule has 6 unspecified atom stereocenters. The summed E-state index contributed by atoms with van der Waals surface area (Å²) < 4.78 is 15.7. The molecule has 0 heterocycles. The van der Waals surface area contributed by atoms with Gasteiger partial charge in [0, 0.05) is 37.4 Å². The zero-order valence-corrected chi connectivity index (χ0v) is 22.5. The number of aliphatic hydroxyl groups is 1. The molecule has 8 atom stereocenters. The van der Waals surface area contributed by atoms with Gasteiger partial charge in [-0.15, -0.1) is 0 Å². The first-order chi connectivity index (χ1) is 16.8. The quantitative estimate of drug-likeness (QED) is 0.505. The third-order valence-corrected chi connectivity index (χ3v) is 9.78. The molecule has 0 amide bonds. The Hall–Kier alpha value is -1.99. The van der Waals surface area contributed by atoms with E-state index in [2.05, 4.69) is 20.8 Å². The molecule has 0 aromatic heterocycles. The molecule has 4 aliphatic rings. The molecule has 3 saturated carbocycles. The summed E-state index contributed by atoms with van der Waals surface area (Å²) in [6.45, 7) is 10.1. The first-order valence-electron chi connectivity index (χ1n) is 13.3. The number of hydrogen-bond donors (Lipinski definition) is 1. The summed E-state index contributed by atoms with van der Waals surface area (Å²) in [5.74, 6) is 0.352. The molecule has 3 fully saturated rings. The molecule has 7 heteroatoms. The van der Waals surface area contributed by atoms with Gasteiger partial charge in [-0.05, 0) is 74.9 Å². The number of ketones is 2. The molecule has 36 heavy (non-hydrogen) atoms. The predicted molar refractivity (Wildman–Crippen MR) is 134 cm³/mol. The van der Waals surface area contributed by atoms with Gasteiger partial charge in [-0.3, -0.25) is 9.59 Å². The van der Waals surface area contributed by atoms with E-state index >= 15 is 0 Å². The zero-order valence-electron chi connectivity index (χ0n) is 22.5. The number of Topliss-reactive ketones (excluding diaryl/α,β-unsaturated/α-hetero) is 1. The number of methoxy groups -OCH3 is 1. The third-order valence-electron chi connectivity index (χ3n) is 9.78. The fourth-order valence-electron chi connectivity index (χ4n) is 8.25. The molecule has 0 radical (unpaired) electrons. The molecular formula is C29H42O7. The predicted octanol–water partition coefficient (Wildman–Crippen LogP) is 4.66. The van der Waals surface area contributed by atoms with E-state index in [9.17, 15) is 19.5 Å². The first-order valence-corrected chi connectivity index (χ1v) is 13.3. The summed E-state index contributed by atoms with van der Waals surface area (Å²) in [5, 5.41) is 11.5. The molecule has 0 aliphatic heterocycles. The average Bonchev–Trinajstić information content (AvgIpc) is 3.05. The Bertz CT molecular complexity index is 965. The minimum Gasteiger partial charge on any atom is -0.428 e. The molecule has 7 nitrogen and oxygen atoms in total. The van der Waals surface area contributed by atoms with Crippen molar-refractivity contribution in [3.05, 3.63) is 23.8 Å². The summed E-state index contributed by atoms with van der Waals surface area (Å²) >= 11 is 0. The average molecular weight is 503 g/mol. The Morgan fingerprint density at radius 2 is 1.97 bits per heavy atom. The van der Waals surface area contributed by atoms with Crippen LogP contribution < -0.4 is 0 Å². The van der Waals surface area contributed by atoms with Gasteiger partial charge in [0.15, 0.2) is 18.2 Å². The van der Waals surface area contributed by atoms with Crippen LogP contribution in [0.15, 0.2) is 23.8 Å². The van der Waals surface area contributed by atoms with E-state index in [-0.39, 0.29) is 52.7 Å². The number of aliphatic hydroxyl groups excluding tert-OH is 1. The Morgan fingerprint density at radius 1 is 1.25 bits per heavy atom. The SMILES string of the molecule is COCCC(C)(C)OC(=O)OCC(=O)C1[C@H](C)CC2[C@@H]3CCC4=CC(=O)C=CC4(C)C3C(O)CC21C. The normalized spacial score (nSPS) is 39.5. The topological polar surface area (TPSA) is 99.1 Å². The second-order valence-electron chi connectivity index (χ2n) is 12.6. The minimum absolute atomic E-state index is 0.0248. The monoisotopic (exact) mass is 502 g/mol. The van der Waals surface area contributed by atoms with Crippen molar-refractivity contribution in [1.29, 1.82) is 0 Å². The van der Waals surface area contributed by atoms with Crippen molar-refractivity contribution in [3.63, 3.8) is 0 Å². The summed E-state index contributed by atoms with van der Waals surface area (Å²) in [6.07, 6.45) is 7.69. The fraction of sp³-hybridized carbons (Fsp3) is 0.759. The molecule has 0 bridgehead atoms. The highest BCUT2D eigenvalue weighted by molar-refractivity contribution is 6.01. The number of fused-ring (bicyclic) bond motifs is 5. The standard InChI is InChI=1S/C29H42O7/c1-17-13-21-20-8-7-18-14-19(30)9-10-28(18,4)25(20)22(31)15-29(21,5)24(17)23(32)16-35-26(33)36-27(2,3)11-12-34-6/h9-10,14,17,20-22,24-25,31H,7-8,11-13,15-16H2,1-6H3/t17-,20+,21?,22?,24?,25?,28?,29?/m1/s1. The van der Waals surface area contributed by atoms with E-state index < -0.39 is 17.9 Å². The van der Waals surface area contributed by atoms with Gasteiger partial charge in [0.25, 0.3) is 0 Å². The Labute approximate surface area is 214 Å². The zero-order chi connectivity index (χ0) is 26.5. The number of ether oxygens (including phenoxy) is 3. The fourth-order valence-corrected chi connectivity index (χ4v) is 8.25. The van der Waals surface area contributed by atoms with Gasteiger partial charge in [0.1, 0.15) is 5.60 Å². The highest BCUT2D eigenvalue weighted by atomic mass is 16.7. The number of carbonyl (C=O) groups is 3. The highest BCUT2D eigenvalue weighted by Crippen LogP contribution is 2.67. The van der Waals surface area contributed by atoms with Crippen molar-refractivity contribution in [2.45, 2.75) is 78.4 Å². The molecule has 0 aromatic carbocycles. The van der Waals surface area contributed by atoms with E-state index in [1.165, 1.54) is 0 Å². The lowest BCUT2D eigenvalue weighted by atomic mass is 9.46. The van der Waals surface area contributed by atoms with Crippen LogP contribution in [-0.2, 0) is 23.8 Å². The number of hydrogen-bond acceptors (Lipinski definition) is 7. The van der Waals surface area contributed by atoms with E-state index in [1.54, 1.807) is 33.1 Å². The van der Waals surface area contributed by atoms with E-state index in [1.807, 2.05) is 6.08 Å². The molecule has 0 saturated heterocycles. The maximum absolute atomic E-state index is 13.5. The highest BCUT2D eigenvalue weighted by Gasteiger charge is 2.64. The van der Waals surface area contributed by atoms with Gasteiger partial charge < -0.3 is 19.3 Å². The Morgan fingerprint density at radius 3 is 2.67 bits per heavy atom. The van der Waals surface area contributed by atoms with Crippen LogP contribution in [0.5, 0.6) is 0 Å². The maximum atomic E-state index is 13.5. The van der Waals surface area contributed by atoms with Gasteiger partial charge in [-0.2, -0.15) is 0 Å². The molecule has 0 aromatic rings. The van der Waals surface area contributed by atoms with E-state index in [0.29, 0.717) is 25.4 Å². The second-order valence-corrected chi connectivity index (χ2v) is 12.6. The summed E-state index contributed by atoms with van der Waals surface area (Å²) in [7, 11) is 1.59. The molecule has 200 valence electrons. The van der Waals surface area contributed by atoms with Crippen LogP contribution in [0, 0.1) is 40.4 Å². The smallest absolute Gasteiger partial charge is 0.428 e. The van der Waals surface area contributed by atoms with E-state index in [4.69, 9.17) is 14.2 Å². The largest absolute Gasteiger partial charge is 0.509 e. The van der Waals surface area contributed by atoms with Crippen LogP contribution in [0.25, 0.3) is 0 Å². The van der Waals surface area contributed by atoms with Gasteiger partial charge in [-0.25, -0.2) is 4.79 Å². The van der Waals surface area contributed by atoms with Gasteiger partial charge >= 0.3 is 6.16 Å². The number of rotatable bonds is 7. The van der Waals surface area contributed by atoms with Crippen molar-refractivity contribution in [2.24, 2.45) is 40.4 Å². The minimum atomic E-state index is -0.848. The Balaban J connectivity index is 1.47. The van der Waals surface area contributed by atoms with Crippen molar-refractivity contribution in [1.82, 2.24) is 0 Å². The second kappa shape index (κ2) is 9.71. The van der Waals surface area contributed by atoms with Crippen LogP contribution in [-0.4, -0.2) is 54.9 Å². The summed E-state index contributed by atoms with van der Waals surface area (Å²) in [5.41, 5.74) is -0.323. The number of carbonyl (C=O) groups excluding carboxylic acids is 3. The maximum Gasteiger partial charge on any atom is 0.509 e. The van der Waals surface area contributed by atoms with Crippen LogP contribution in [0.2, 0.25) is 0 Å². The van der Waals surface area contributed by atoms with Crippen molar-refractivity contribution in [2.75, 3.05) is 20.3 Å². The van der Waals surface area contributed by atoms with Gasteiger partial charge in [-0.1, -0.05) is 32.4 Å². The van der Waals surface area contributed by atoms with Crippen LogP contribution in [0.1, 0.15) is 66.7 Å². The lowest BCUT2D eigenvalue weighted by molar-refractivity contribution is -0.143. The van der Waals surface area contributed by atoms with Gasteiger partial charge in [0.05, 0.1) is 6.10 Å². The van der Waals surface area contributed by atoms with Crippen molar-refractivity contribution < 1.29 is 33.7 Å². The van der Waals surface area contributed by atoms with Crippen LogP contribution in [0.4, 0.5) is 4.79 Å². The third kappa shape index (κ3) is 4.69. The van der Waals surface area contributed by atoms with Gasteiger partial charge in [0.2, 0.25) is 0 Å². The van der Waals surface area contributed by atoms with Crippen molar-refractivity contribution >= 4 is 17.7 Å². The molecular weight excluding hydrogens is 460 g/mol. The van der Waals surface area contributed by atoms with Crippen LogP contribution in [0.3, 0.4) is 0 Å². The molecule has 4 aliphatic carbocycles. The lowest BCUT2D eigenvalue weighted by Crippen LogP contribution is -2.56. The first kappa shape index (κ1) is 27.1. The Kier molecular flexibility index (Phi) is 7.30. The number of allylic oxidation sites excluding steroid dienone is 4. The molecule has 0 spiro atoms. The lowest BCUT2D eigenvalue weighted by Gasteiger charge is -2.58.